The molecule has 0 radical (unpaired) electrons. The molecule has 0 saturated carbocycles. The molecule has 0 saturated heterocycles. The Labute approximate surface area is 131 Å². The van der Waals surface area contributed by atoms with Gasteiger partial charge in [-0.3, -0.25) is 0 Å². The zero-order valence-corrected chi connectivity index (χ0v) is 12.6. The van der Waals surface area contributed by atoms with Gasteiger partial charge in [-0.15, -0.1) is 0 Å². The van der Waals surface area contributed by atoms with E-state index in [2.05, 4.69) is 9.47 Å². The van der Waals surface area contributed by atoms with E-state index in [0.717, 1.165) is 0 Å². The zero-order chi connectivity index (χ0) is 17.6. The van der Waals surface area contributed by atoms with Crippen LogP contribution in [0.3, 0.4) is 0 Å². The van der Waals surface area contributed by atoms with Gasteiger partial charge in [0.1, 0.15) is 13.2 Å². The van der Waals surface area contributed by atoms with Crippen molar-refractivity contribution in [2.45, 2.75) is 20.3 Å². The second-order valence-electron chi connectivity index (χ2n) is 4.48. The standard InChI is InChI=1S/C15H16O8/c1-3-9-8(2)4-5-10(14(20)22-11(18)6-16)13(9)15(21)23-12(19)7-17/h4-5,16-17H,3,6-7H2,1-2H3. The summed E-state index contributed by atoms with van der Waals surface area (Å²) in [5.41, 5.74) is 0.614. The number of ether oxygens (including phenoxy) is 2. The van der Waals surface area contributed by atoms with Crippen molar-refractivity contribution < 1.29 is 38.9 Å². The lowest BCUT2D eigenvalue weighted by Crippen LogP contribution is -2.23. The highest BCUT2D eigenvalue weighted by molar-refractivity contribution is 6.09. The third kappa shape index (κ3) is 4.44. The molecule has 0 aromatic heterocycles. The van der Waals surface area contributed by atoms with Crippen LogP contribution in [0.25, 0.3) is 0 Å². The van der Waals surface area contributed by atoms with Crippen LogP contribution in [-0.4, -0.2) is 47.3 Å². The predicted octanol–water partition coefficient (Wildman–Crippen LogP) is -0.0912. The molecule has 0 spiro atoms. The van der Waals surface area contributed by atoms with Crippen molar-refractivity contribution in [3.63, 3.8) is 0 Å². The average molecular weight is 324 g/mol. The first-order chi connectivity index (χ1) is 10.8. The maximum atomic E-state index is 12.1. The fourth-order valence-electron chi connectivity index (χ4n) is 1.99. The van der Waals surface area contributed by atoms with Gasteiger partial charge in [0.15, 0.2) is 0 Å². The number of esters is 4. The van der Waals surface area contributed by atoms with Gasteiger partial charge in [-0.05, 0) is 30.5 Å². The lowest BCUT2D eigenvalue weighted by atomic mass is 9.94. The van der Waals surface area contributed by atoms with Crippen LogP contribution in [0.2, 0.25) is 0 Å². The minimum atomic E-state index is -1.18. The number of aliphatic hydroxyl groups is 2. The van der Waals surface area contributed by atoms with Crippen LogP contribution in [0.5, 0.6) is 0 Å². The zero-order valence-electron chi connectivity index (χ0n) is 12.6. The molecule has 1 aromatic rings. The number of benzene rings is 1. The molecule has 0 unspecified atom stereocenters. The quantitative estimate of drug-likeness (QED) is 0.568. The SMILES string of the molecule is CCc1c(C)ccc(C(=O)OC(=O)CO)c1C(=O)OC(=O)CO. The van der Waals surface area contributed by atoms with E-state index in [1.54, 1.807) is 19.9 Å². The van der Waals surface area contributed by atoms with E-state index in [1.165, 1.54) is 6.07 Å². The summed E-state index contributed by atoms with van der Waals surface area (Å²) in [4.78, 5) is 46.2. The van der Waals surface area contributed by atoms with Gasteiger partial charge in [-0.25, -0.2) is 19.2 Å². The minimum Gasteiger partial charge on any atom is -0.388 e. The lowest BCUT2D eigenvalue weighted by molar-refractivity contribution is -0.142. The summed E-state index contributed by atoms with van der Waals surface area (Å²) in [6.07, 6.45) is 0.346. The molecule has 8 nitrogen and oxygen atoms in total. The van der Waals surface area contributed by atoms with Gasteiger partial charge in [0.2, 0.25) is 0 Å². The van der Waals surface area contributed by atoms with Crippen molar-refractivity contribution in [2.75, 3.05) is 13.2 Å². The Morgan fingerprint density at radius 3 is 1.96 bits per heavy atom. The molecule has 8 heteroatoms. The maximum absolute atomic E-state index is 12.1. The van der Waals surface area contributed by atoms with Crippen molar-refractivity contribution in [3.8, 4) is 0 Å². The molecule has 124 valence electrons. The number of carbonyl (C=O) groups excluding carboxylic acids is 4. The minimum absolute atomic E-state index is 0.218. The number of aliphatic hydroxyl groups excluding tert-OH is 2. The smallest absolute Gasteiger partial charge is 0.347 e. The fraction of sp³-hybridized carbons (Fsp3) is 0.333. The van der Waals surface area contributed by atoms with Crippen LogP contribution in [0.1, 0.15) is 38.8 Å². The predicted molar refractivity (Wildman–Crippen MR) is 75.6 cm³/mol. The van der Waals surface area contributed by atoms with Gasteiger partial charge in [0, 0.05) is 0 Å². The Morgan fingerprint density at radius 2 is 1.48 bits per heavy atom. The molecular weight excluding hydrogens is 308 g/mol. The third-order valence-electron chi connectivity index (χ3n) is 3.00. The van der Waals surface area contributed by atoms with Crippen molar-refractivity contribution in [1.82, 2.24) is 0 Å². The topological polar surface area (TPSA) is 127 Å². The van der Waals surface area contributed by atoms with E-state index in [4.69, 9.17) is 10.2 Å². The monoisotopic (exact) mass is 324 g/mol. The maximum Gasteiger partial charge on any atom is 0.347 e. The van der Waals surface area contributed by atoms with Crippen molar-refractivity contribution in [3.05, 3.63) is 34.4 Å². The van der Waals surface area contributed by atoms with Crippen LogP contribution < -0.4 is 0 Å². The fourth-order valence-corrected chi connectivity index (χ4v) is 1.99. The summed E-state index contributed by atoms with van der Waals surface area (Å²) < 4.78 is 8.81. The normalized spacial score (nSPS) is 10.1. The Bertz CT molecular complexity index is 647. The van der Waals surface area contributed by atoms with Gasteiger partial charge in [-0.2, -0.15) is 0 Å². The van der Waals surface area contributed by atoms with E-state index < -0.39 is 37.1 Å². The van der Waals surface area contributed by atoms with E-state index >= 15 is 0 Å². The highest BCUT2D eigenvalue weighted by Gasteiger charge is 2.26. The molecule has 0 aliphatic rings. The van der Waals surface area contributed by atoms with Crippen LogP contribution in [0.4, 0.5) is 0 Å². The van der Waals surface area contributed by atoms with Gasteiger partial charge in [0.25, 0.3) is 0 Å². The molecule has 0 bridgehead atoms. The Hall–Kier alpha value is -2.58. The molecule has 0 aliphatic heterocycles. The summed E-state index contributed by atoms with van der Waals surface area (Å²) in [6.45, 7) is 1.42. The Balaban J connectivity index is 3.35. The molecule has 0 aliphatic carbocycles. The number of hydrogen-bond donors (Lipinski definition) is 2. The van der Waals surface area contributed by atoms with Crippen molar-refractivity contribution in [2.24, 2.45) is 0 Å². The Kier molecular flexibility index (Phi) is 6.55. The number of rotatable bonds is 5. The summed E-state index contributed by atoms with van der Waals surface area (Å²) in [7, 11) is 0. The first-order valence-corrected chi connectivity index (χ1v) is 6.69. The van der Waals surface area contributed by atoms with Gasteiger partial charge < -0.3 is 19.7 Å². The molecule has 23 heavy (non-hydrogen) atoms. The molecule has 0 atom stereocenters. The summed E-state index contributed by atoms with van der Waals surface area (Å²) in [5.74, 6) is -4.64. The average Bonchev–Trinajstić information content (AvgIpc) is 2.53. The van der Waals surface area contributed by atoms with Crippen LogP contribution in [0, 0.1) is 6.92 Å². The van der Waals surface area contributed by atoms with Gasteiger partial charge in [-0.1, -0.05) is 13.0 Å². The molecule has 0 amide bonds. The van der Waals surface area contributed by atoms with Gasteiger partial charge >= 0.3 is 23.9 Å². The molecule has 2 N–H and O–H groups in total. The summed E-state index contributed by atoms with van der Waals surface area (Å²) in [6, 6.07) is 2.80. The number of aryl methyl sites for hydroxylation is 1. The highest BCUT2D eigenvalue weighted by Crippen LogP contribution is 2.22. The summed E-state index contributed by atoms with van der Waals surface area (Å²) in [5, 5.41) is 17.3. The van der Waals surface area contributed by atoms with Crippen LogP contribution >= 0.6 is 0 Å². The number of hydrogen-bond acceptors (Lipinski definition) is 8. The van der Waals surface area contributed by atoms with Crippen LogP contribution in [-0.2, 0) is 25.5 Å². The second-order valence-corrected chi connectivity index (χ2v) is 4.48. The van der Waals surface area contributed by atoms with E-state index in [1.807, 2.05) is 0 Å². The molecule has 1 aromatic carbocycles. The molecule has 0 heterocycles. The van der Waals surface area contributed by atoms with Crippen molar-refractivity contribution in [1.29, 1.82) is 0 Å². The van der Waals surface area contributed by atoms with Crippen LogP contribution in [0.15, 0.2) is 12.1 Å². The first kappa shape index (κ1) is 18.5. The lowest BCUT2D eigenvalue weighted by Gasteiger charge is -2.14. The van der Waals surface area contributed by atoms with Gasteiger partial charge in [0.05, 0.1) is 11.1 Å². The van der Waals surface area contributed by atoms with Crippen molar-refractivity contribution >= 4 is 23.9 Å². The first-order valence-electron chi connectivity index (χ1n) is 6.69. The Morgan fingerprint density at radius 1 is 0.957 bits per heavy atom. The largest absolute Gasteiger partial charge is 0.388 e. The van der Waals surface area contributed by atoms with E-state index in [9.17, 15) is 19.2 Å². The third-order valence-corrected chi connectivity index (χ3v) is 3.00. The van der Waals surface area contributed by atoms with E-state index in [-0.39, 0.29) is 11.1 Å². The molecule has 1 rings (SSSR count). The highest BCUT2D eigenvalue weighted by atomic mass is 16.6. The molecular formula is C15H16O8. The summed E-state index contributed by atoms with van der Waals surface area (Å²) >= 11 is 0. The number of carbonyl (C=O) groups is 4. The molecule has 0 fully saturated rings. The van der Waals surface area contributed by atoms with E-state index in [0.29, 0.717) is 17.5 Å². The second kappa shape index (κ2) is 8.16.